The maximum atomic E-state index is 12.6. The van der Waals surface area contributed by atoms with E-state index in [2.05, 4.69) is 20.2 Å². The monoisotopic (exact) mass is 324 g/mol. The number of rotatable bonds is 3. The second-order valence-corrected chi connectivity index (χ2v) is 6.46. The first kappa shape index (κ1) is 15.1. The third-order valence-corrected chi connectivity index (χ3v) is 4.59. The standard InChI is InChI=1S/C18H20N4O2/c1-12-8-19-18(20-9-12)22-10-14-7-15(16(11-22)24-14)17(23)21-13-5-3-2-4-6-13/h2-6,8-9,14-16H,7,10-11H2,1H3,(H,21,23)/t14-,15+,16-/m1/s1. The third kappa shape index (κ3) is 2.97. The van der Waals surface area contributed by atoms with Gasteiger partial charge in [-0.25, -0.2) is 9.97 Å². The van der Waals surface area contributed by atoms with Crippen molar-refractivity contribution in [3.05, 3.63) is 48.3 Å². The zero-order valence-corrected chi connectivity index (χ0v) is 13.6. The highest BCUT2D eigenvalue weighted by atomic mass is 16.5. The minimum absolute atomic E-state index is 0.0281. The molecule has 1 aromatic heterocycles. The van der Waals surface area contributed by atoms with Gasteiger partial charge in [-0.1, -0.05) is 18.2 Å². The molecule has 0 radical (unpaired) electrons. The molecule has 24 heavy (non-hydrogen) atoms. The van der Waals surface area contributed by atoms with E-state index in [1.165, 1.54) is 0 Å². The molecule has 0 unspecified atom stereocenters. The number of carbonyl (C=O) groups excluding carboxylic acids is 1. The van der Waals surface area contributed by atoms with E-state index in [9.17, 15) is 4.79 Å². The number of nitrogens with one attached hydrogen (secondary N) is 1. The molecule has 2 bridgehead atoms. The molecule has 0 saturated carbocycles. The molecule has 2 aliphatic rings. The number of aryl methyl sites for hydroxylation is 1. The van der Waals surface area contributed by atoms with E-state index >= 15 is 0 Å². The van der Waals surface area contributed by atoms with E-state index in [-0.39, 0.29) is 24.0 Å². The van der Waals surface area contributed by atoms with Crippen molar-refractivity contribution in [3.8, 4) is 0 Å². The lowest BCUT2D eigenvalue weighted by Gasteiger charge is -2.32. The van der Waals surface area contributed by atoms with Crippen LogP contribution in [0.15, 0.2) is 42.7 Å². The van der Waals surface area contributed by atoms with Crippen molar-refractivity contribution in [3.63, 3.8) is 0 Å². The van der Waals surface area contributed by atoms with Crippen LogP contribution in [0.1, 0.15) is 12.0 Å². The van der Waals surface area contributed by atoms with Crippen molar-refractivity contribution >= 4 is 17.5 Å². The van der Waals surface area contributed by atoms with Crippen molar-refractivity contribution in [2.24, 2.45) is 5.92 Å². The average molecular weight is 324 g/mol. The zero-order chi connectivity index (χ0) is 16.5. The van der Waals surface area contributed by atoms with Gasteiger partial charge in [0.2, 0.25) is 11.9 Å². The summed E-state index contributed by atoms with van der Waals surface area (Å²) in [6.07, 6.45) is 4.32. The summed E-state index contributed by atoms with van der Waals surface area (Å²) in [5.41, 5.74) is 1.86. The Labute approximate surface area is 140 Å². The number of hydrogen-bond acceptors (Lipinski definition) is 5. The molecule has 3 atom stereocenters. The fraction of sp³-hybridized carbons (Fsp3) is 0.389. The smallest absolute Gasteiger partial charge is 0.230 e. The number of morpholine rings is 1. The molecule has 2 aromatic rings. The number of hydrogen-bond donors (Lipinski definition) is 1. The lowest BCUT2D eigenvalue weighted by molar-refractivity contribution is -0.121. The van der Waals surface area contributed by atoms with Crippen LogP contribution in [0.5, 0.6) is 0 Å². The van der Waals surface area contributed by atoms with Crippen molar-refractivity contribution in [2.45, 2.75) is 25.6 Å². The van der Waals surface area contributed by atoms with E-state index in [0.717, 1.165) is 24.2 Å². The van der Waals surface area contributed by atoms with Gasteiger partial charge in [0.25, 0.3) is 0 Å². The van der Waals surface area contributed by atoms with Gasteiger partial charge in [-0.05, 0) is 31.0 Å². The first-order valence-corrected chi connectivity index (χ1v) is 8.24. The van der Waals surface area contributed by atoms with Gasteiger partial charge in [-0.3, -0.25) is 4.79 Å². The normalized spacial score (nSPS) is 25.5. The molecule has 1 amide bonds. The summed E-state index contributed by atoms with van der Waals surface area (Å²) in [5, 5.41) is 2.99. The van der Waals surface area contributed by atoms with Crippen LogP contribution in [-0.4, -0.2) is 41.2 Å². The van der Waals surface area contributed by atoms with Gasteiger partial charge < -0.3 is 15.0 Å². The highest BCUT2D eigenvalue weighted by Gasteiger charge is 2.45. The Kier molecular flexibility index (Phi) is 3.90. The number of nitrogens with zero attached hydrogens (tertiary/aromatic N) is 3. The molecule has 3 heterocycles. The number of carbonyl (C=O) groups is 1. The van der Waals surface area contributed by atoms with Crippen molar-refractivity contribution in [1.82, 2.24) is 9.97 Å². The van der Waals surface area contributed by atoms with Crippen molar-refractivity contribution in [1.29, 1.82) is 0 Å². The molecule has 4 rings (SSSR count). The van der Waals surface area contributed by atoms with Crippen LogP contribution < -0.4 is 10.2 Å². The molecular formula is C18H20N4O2. The van der Waals surface area contributed by atoms with Crippen LogP contribution in [0.3, 0.4) is 0 Å². The first-order valence-electron chi connectivity index (χ1n) is 8.24. The first-order chi connectivity index (χ1) is 11.7. The second-order valence-electron chi connectivity index (χ2n) is 6.46. The molecule has 1 aromatic carbocycles. The zero-order valence-electron chi connectivity index (χ0n) is 13.6. The van der Waals surface area contributed by atoms with Crippen LogP contribution >= 0.6 is 0 Å². The molecule has 0 spiro atoms. The lowest BCUT2D eigenvalue weighted by Crippen LogP contribution is -2.45. The van der Waals surface area contributed by atoms with E-state index < -0.39 is 0 Å². The van der Waals surface area contributed by atoms with E-state index in [1.54, 1.807) is 0 Å². The Morgan fingerprint density at radius 2 is 1.96 bits per heavy atom. The highest BCUT2D eigenvalue weighted by Crippen LogP contribution is 2.33. The predicted molar refractivity (Wildman–Crippen MR) is 90.8 cm³/mol. The minimum Gasteiger partial charge on any atom is -0.370 e. The Bertz CT molecular complexity index is 720. The minimum atomic E-state index is -0.134. The summed E-state index contributed by atoms with van der Waals surface area (Å²) < 4.78 is 5.99. The molecule has 6 heteroatoms. The second kappa shape index (κ2) is 6.20. The number of anilines is 2. The fourth-order valence-corrected chi connectivity index (χ4v) is 3.40. The van der Waals surface area contributed by atoms with Crippen LogP contribution in [0.4, 0.5) is 11.6 Å². The summed E-state index contributed by atoms with van der Waals surface area (Å²) in [6, 6.07) is 9.55. The number of fused-ring (bicyclic) bond motifs is 2. The fourth-order valence-electron chi connectivity index (χ4n) is 3.40. The van der Waals surface area contributed by atoms with Gasteiger partial charge >= 0.3 is 0 Å². The number of ether oxygens (including phenoxy) is 1. The summed E-state index contributed by atoms with van der Waals surface area (Å²) >= 11 is 0. The average Bonchev–Trinajstić information content (AvgIpc) is 2.90. The number of benzene rings is 1. The van der Waals surface area contributed by atoms with Gasteiger partial charge in [-0.15, -0.1) is 0 Å². The maximum absolute atomic E-state index is 12.6. The molecule has 2 aliphatic heterocycles. The largest absolute Gasteiger partial charge is 0.370 e. The summed E-state index contributed by atoms with van der Waals surface area (Å²) in [5.74, 6) is 0.606. The SMILES string of the molecule is Cc1cnc(N2C[C@H]3C[C@H](C(=O)Nc4ccccc4)[C@@H](C2)O3)nc1. The Morgan fingerprint density at radius 1 is 1.21 bits per heavy atom. The summed E-state index contributed by atoms with van der Waals surface area (Å²) in [7, 11) is 0. The van der Waals surface area contributed by atoms with Gasteiger partial charge in [0.05, 0.1) is 18.1 Å². The van der Waals surface area contributed by atoms with Crippen LogP contribution in [0.25, 0.3) is 0 Å². The summed E-state index contributed by atoms with van der Waals surface area (Å²) in [6.45, 7) is 3.35. The topological polar surface area (TPSA) is 67.4 Å². The molecule has 1 N–H and O–H groups in total. The van der Waals surface area contributed by atoms with E-state index in [1.807, 2.05) is 49.6 Å². The van der Waals surface area contributed by atoms with Gasteiger partial charge in [0, 0.05) is 31.2 Å². The van der Waals surface area contributed by atoms with Crippen molar-refractivity contribution in [2.75, 3.05) is 23.3 Å². The van der Waals surface area contributed by atoms with Crippen LogP contribution in [0.2, 0.25) is 0 Å². The Morgan fingerprint density at radius 3 is 2.71 bits per heavy atom. The summed E-state index contributed by atoms with van der Waals surface area (Å²) in [4.78, 5) is 23.5. The van der Waals surface area contributed by atoms with Gasteiger partial charge in [0.1, 0.15) is 0 Å². The van der Waals surface area contributed by atoms with E-state index in [4.69, 9.17) is 4.74 Å². The molecule has 2 fully saturated rings. The lowest BCUT2D eigenvalue weighted by atomic mass is 9.99. The van der Waals surface area contributed by atoms with Gasteiger partial charge in [0.15, 0.2) is 0 Å². The molecule has 6 nitrogen and oxygen atoms in total. The van der Waals surface area contributed by atoms with Crippen LogP contribution in [0, 0.1) is 12.8 Å². The highest BCUT2D eigenvalue weighted by molar-refractivity contribution is 5.93. The molecule has 2 saturated heterocycles. The molecule has 0 aliphatic carbocycles. The Balaban J connectivity index is 1.45. The number of para-hydroxylation sites is 1. The third-order valence-electron chi connectivity index (χ3n) is 4.59. The quantitative estimate of drug-likeness (QED) is 0.935. The molecule has 124 valence electrons. The van der Waals surface area contributed by atoms with Crippen LogP contribution in [-0.2, 0) is 9.53 Å². The molecular weight excluding hydrogens is 304 g/mol. The number of amides is 1. The Hall–Kier alpha value is -2.47. The predicted octanol–water partition coefficient (Wildman–Crippen LogP) is 2.02. The maximum Gasteiger partial charge on any atom is 0.230 e. The van der Waals surface area contributed by atoms with Gasteiger partial charge in [-0.2, -0.15) is 0 Å². The van der Waals surface area contributed by atoms with Crippen molar-refractivity contribution < 1.29 is 9.53 Å². The van der Waals surface area contributed by atoms with E-state index in [0.29, 0.717) is 12.5 Å². The number of aromatic nitrogens is 2.